The van der Waals surface area contributed by atoms with Crippen molar-refractivity contribution in [2.75, 3.05) is 38.6 Å². The van der Waals surface area contributed by atoms with Crippen molar-refractivity contribution in [1.82, 2.24) is 10.6 Å². The first-order valence-electron chi connectivity index (χ1n) is 5.91. The van der Waals surface area contributed by atoms with Gasteiger partial charge in [-0.3, -0.25) is 0 Å². The van der Waals surface area contributed by atoms with Crippen LogP contribution < -0.4 is 15.5 Å². The van der Waals surface area contributed by atoms with E-state index in [9.17, 15) is 0 Å². The summed E-state index contributed by atoms with van der Waals surface area (Å²) < 4.78 is 0. The Morgan fingerprint density at radius 2 is 1.62 bits per heavy atom. The van der Waals surface area contributed by atoms with Crippen LogP contribution in [0.4, 0.5) is 5.69 Å². The van der Waals surface area contributed by atoms with Crippen molar-refractivity contribution in [1.29, 1.82) is 0 Å². The Morgan fingerprint density at radius 1 is 1.00 bits per heavy atom. The zero-order chi connectivity index (χ0) is 11.8. The summed E-state index contributed by atoms with van der Waals surface area (Å²) in [6, 6.07) is 8.66. The first kappa shape index (κ1) is 13.0. The predicted molar refractivity (Wildman–Crippen MR) is 71.0 cm³/mol. The molecule has 1 rings (SSSR count). The third-order valence-electron chi connectivity index (χ3n) is 2.51. The van der Waals surface area contributed by atoms with Gasteiger partial charge in [0.25, 0.3) is 0 Å². The Balaban J connectivity index is 2.27. The molecule has 3 heteroatoms. The van der Waals surface area contributed by atoms with Gasteiger partial charge in [-0.25, -0.2) is 0 Å². The molecular formula is C13H23N3. The lowest BCUT2D eigenvalue weighted by molar-refractivity contribution is 0.625. The molecule has 1 aromatic carbocycles. The molecule has 0 saturated carbocycles. The van der Waals surface area contributed by atoms with E-state index in [-0.39, 0.29) is 0 Å². The summed E-state index contributed by atoms with van der Waals surface area (Å²) in [5.41, 5.74) is 2.58. The van der Waals surface area contributed by atoms with Gasteiger partial charge in [0, 0.05) is 39.4 Å². The summed E-state index contributed by atoms with van der Waals surface area (Å²) in [5.74, 6) is 0. The van der Waals surface area contributed by atoms with Crippen LogP contribution in [0.15, 0.2) is 24.3 Å². The van der Waals surface area contributed by atoms with E-state index in [1.807, 2.05) is 0 Å². The van der Waals surface area contributed by atoms with Crippen LogP contribution in [0.3, 0.4) is 0 Å². The van der Waals surface area contributed by atoms with Gasteiger partial charge in [-0.1, -0.05) is 19.1 Å². The van der Waals surface area contributed by atoms with E-state index in [0.29, 0.717) is 0 Å². The maximum absolute atomic E-state index is 3.41. The average molecular weight is 221 g/mol. The second-order valence-electron chi connectivity index (χ2n) is 4.09. The molecule has 0 radical (unpaired) electrons. The molecule has 0 atom stereocenters. The fourth-order valence-electron chi connectivity index (χ4n) is 1.50. The minimum absolute atomic E-state index is 0.944. The van der Waals surface area contributed by atoms with E-state index in [1.165, 1.54) is 11.3 Å². The highest BCUT2D eigenvalue weighted by Gasteiger charge is 1.95. The highest BCUT2D eigenvalue weighted by molar-refractivity contribution is 5.45. The van der Waals surface area contributed by atoms with Crippen molar-refractivity contribution < 1.29 is 0 Å². The van der Waals surface area contributed by atoms with Crippen LogP contribution in [0.2, 0.25) is 0 Å². The van der Waals surface area contributed by atoms with Gasteiger partial charge in [-0.05, 0) is 24.2 Å². The Morgan fingerprint density at radius 3 is 2.19 bits per heavy atom. The summed E-state index contributed by atoms with van der Waals surface area (Å²) in [7, 11) is 4.12. The number of rotatable bonds is 7. The first-order chi connectivity index (χ1) is 7.74. The van der Waals surface area contributed by atoms with E-state index >= 15 is 0 Å². The summed E-state index contributed by atoms with van der Waals surface area (Å²) in [6.07, 6.45) is 0. The first-order valence-corrected chi connectivity index (χ1v) is 5.91. The zero-order valence-corrected chi connectivity index (χ0v) is 10.6. The molecule has 0 heterocycles. The van der Waals surface area contributed by atoms with E-state index < -0.39 is 0 Å². The van der Waals surface area contributed by atoms with Crippen LogP contribution in [-0.4, -0.2) is 33.7 Å². The number of benzene rings is 1. The van der Waals surface area contributed by atoms with Gasteiger partial charge in [-0.15, -0.1) is 0 Å². The monoisotopic (exact) mass is 221 g/mol. The van der Waals surface area contributed by atoms with Gasteiger partial charge < -0.3 is 15.5 Å². The Hall–Kier alpha value is -1.06. The van der Waals surface area contributed by atoms with Crippen LogP contribution in [-0.2, 0) is 6.54 Å². The Kier molecular flexibility index (Phi) is 5.90. The lowest BCUT2D eigenvalue weighted by atomic mass is 10.2. The van der Waals surface area contributed by atoms with Crippen molar-refractivity contribution in [3.8, 4) is 0 Å². The van der Waals surface area contributed by atoms with E-state index in [1.54, 1.807) is 0 Å². The topological polar surface area (TPSA) is 27.3 Å². The average Bonchev–Trinajstić information content (AvgIpc) is 2.29. The molecule has 0 aliphatic heterocycles. The van der Waals surface area contributed by atoms with Crippen LogP contribution in [0.25, 0.3) is 0 Å². The third kappa shape index (κ3) is 4.64. The van der Waals surface area contributed by atoms with Crippen molar-refractivity contribution in [3.05, 3.63) is 29.8 Å². The molecule has 0 bridgehead atoms. The Labute approximate surface area is 98.8 Å². The standard InChI is InChI=1S/C13H23N3/c1-4-14-9-10-15-11-12-5-7-13(8-6-12)16(2)3/h5-8,14-15H,4,9-11H2,1-3H3. The molecule has 0 aromatic heterocycles. The molecule has 0 amide bonds. The van der Waals surface area contributed by atoms with Crippen molar-refractivity contribution in [3.63, 3.8) is 0 Å². The van der Waals surface area contributed by atoms with E-state index in [0.717, 1.165) is 26.2 Å². The number of nitrogens with one attached hydrogen (secondary N) is 2. The van der Waals surface area contributed by atoms with Crippen LogP contribution in [0.1, 0.15) is 12.5 Å². The quantitative estimate of drug-likeness (QED) is 0.683. The second-order valence-corrected chi connectivity index (χ2v) is 4.09. The van der Waals surface area contributed by atoms with E-state index in [2.05, 4.69) is 60.8 Å². The third-order valence-corrected chi connectivity index (χ3v) is 2.51. The number of anilines is 1. The number of likely N-dealkylation sites (N-methyl/N-ethyl adjacent to an activating group) is 1. The van der Waals surface area contributed by atoms with Crippen LogP contribution >= 0.6 is 0 Å². The molecule has 0 aliphatic carbocycles. The van der Waals surface area contributed by atoms with Gasteiger partial charge in [-0.2, -0.15) is 0 Å². The maximum atomic E-state index is 3.41. The zero-order valence-electron chi connectivity index (χ0n) is 10.6. The van der Waals surface area contributed by atoms with Crippen LogP contribution in [0.5, 0.6) is 0 Å². The molecule has 0 fully saturated rings. The van der Waals surface area contributed by atoms with Crippen molar-refractivity contribution >= 4 is 5.69 Å². The minimum Gasteiger partial charge on any atom is -0.378 e. The highest BCUT2D eigenvalue weighted by Crippen LogP contribution is 2.11. The predicted octanol–water partition coefficient (Wildman–Crippen LogP) is 1.45. The summed E-state index contributed by atoms with van der Waals surface area (Å²) in [5, 5.41) is 6.70. The van der Waals surface area contributed by atoms with E-state index in [4.69, 9.17) is 0 Å². The summed E-state index contributed by atoms with van der Waals surface area (Å²) >= 11 is 0. The molecule has 3 nitrogen and oxygen atoms in total. The maximum Gasteiger partial charge on any atom is 0.0361 e. The number of hydrogen-bond donors (Lipinski definition) is 2. The molecular weight excluding hydrogens is 198 g/mol. The highest BCUT2D eigenvalue weighted by atomic mass is 15.1. The molecule has 0 aliphatic rings. The van der Waals surface area contributed by atoms with Crippen molar-refractivity contribution in [2.45, 2.75) is 13.5 Å². The fourth-order valence-corrected chi connectivity index (χ4v) is 1.50. The minimum atomic E-state index is 0.944. The molecule has 0 unspecified atom stereocenters. The van der Waals surface area contributed by atoms with Gasteiger partial charge >= 0.3 is 0 Å². The van der Waals surface area contributed by atoms with Gasteiger partial charge in [0.15, 0.2) is 0 Å². The van der Waals surface area contributed by atoms with Gasteiger partial charge in [0.2, 0.25) is 0 Å². The number of hydrogen-bond acceptors (Lipinski definition) is 3. The lowest BCUT2D eigenvalue weighted by Crippen LogP contribution is -2.26. The lowest BCUT2D eigenvalue weighted by Gasteiger charge is -2.12. The fraction of sp³-hybridized carbons (Fsp3) is 0.538. The molecule has 1 aromatic rings. The van der Waals surface area contributed by atoms with Crippen LogP contribution in [0, 0.1) is 0 Å². The molecule has 90 valence electrons. The summed E-state index contributed by atoms with van der Waals surface area (Å²) in [6.45, 7) is 6.16. The van der Waals surface area contributed by atoms with Gasteiger partial charge in [0.05, 0.1) is 0 Å². The SMILES string of the molecule is CCNCCNCc1ccc(N(C)C)cc1. The van der Waals surface area contributed by atoms with Crippen molar-refractivity contribution in [2.24, 2.45) is 0 Å². The molecule has 0 spiro atoms. The number of nitrogens with zero attached hydrogens (tertiary/aromatic N) is 1. The smallest absolute Gasteiger partial charge is 0.0361 e. The Bertz CT molecular complexity index is 280. The molecule has 0 saturated heterocycles. The largest absolute Gasteiger partial charge is 0.378 e. The summed E-state index contributed by atoms with van der Waals surface area (Å²) in [4.78, 5) is 2.11. The molecule has 16 heavy (non-hydrogen) atoms. The van der Waals surface area contributed by atoms with Gasteiger partial charge in [0.1, 0.15) is 0 Å². The normalized spacial score (nSPS) is 10.4. The molecule has 2 N–H and O–H groups in total. The second kappa shape index (κ2) is 7.25.